The first kappa shape index (κ1) is 18.7. The zero-order chi connectivity index (χ0) is 17.9. The van der Waals surface area contributed by atoms with Crippen LogP contribution >= 0.6 is 11.3 Å². The molecule has 0 unspecified atom stereocenters. The number of anilines is 1. The lowest BCUT2D eigenvalue weighted by Crippen LogP contribution is -3.14. The Kier molecular flexibility index (Phi) is 6.20. The van der Waals surface area contributed by atoms with E-state index in [1.165, 1.54) is 4.90 Å². The fourth-order valence-corrected chi connectivity index (χ4v) is 4.18. The highest BCUT2D eigenvalue weighted by molar-refractivity contribution is 7.18. The average molecular weight is 356 g/mol. The molecule has 134 valence electrons. The molecule has 1 saturated heterocycles. The van der Waals surface area contributed by atoms with Crippen LogP contribution in [0.15, 0.2) is 0 Å². The number of ether oxygens (including phenoxy) is 2. The van der Waals surface area contributed by atoms with Crippen LogP contribution in [0.1, 0.15) is 46.4 Å². The highest BCUT2D eigenvalue weighted by Crippen LogP contribution is 2.31. The Bertz CT molecular complexity index is 607. The van der Waals surface area contributed by atoms with E-state index in [0.717, 1.165) is 24.4 Å². The van der Waals surface area contributed by atoms with Crippen LogP contribution in [0.5, 0.6) is 0 Å². The van der Waals surface area contributed by atoms with E-state index in [9.17, 15) is 9.59 Å². The van der Waals surface area contributed by atoms with Gasteiger partial charge in [0.2, 0.25) is 0 Å². The fraction of sp³-hybridized carbons (Fsp3) is 0.625. The normalized spacial score (nSPS) is 23.8. The van der Waals surface area contributed by atoms with Gasteiger partial charge in [-0.2, -0.15) is 0 Å². The van der Waals surface area contributed by atoms with Gasteiger partial charge < -0.3 is 25.4 Å². The number of nitrogens with one attached hydrogen (secondary N) is 2. The highest BCUT2D eigenvalue weighted by atomic mass is 32.1. The summed E-state index contributed by atoms with van der Waals surface area (Å²) in [5.74, 6) is -0.698. The smallest absolute Gasteiger partial charge is 0.341 e. The van der Waals surface area contributed by atoms with E-state index in [2.05, 4.69) is 5.32 Å². The molecular formula is C16H26N3O4S+. The minimum atomic E-state index is -0.467. The number of nitrogen functional groups attached to an aromatic ring is 1. The molecule has 7 nitrogen and oxygen atoms in total. The maximum Gasteiger partial charge on any atom is 0.341 e. The standard InChI is InChI=1S/C16H25N3O4S/c1-5-22-16(21)12-11(13(15(20)18-4)24-14(12)17)8-19-6-9(2)23-10(3)7-19/h9-10H,5-8,17H2,1-4H3,(H,18,20)/p+1/t9-,10-/m0/s1. The topological polar surface area (TPSA) is 95.1 Å². The SMILES string of the molecule is CCOC(=O)c1c(N)sc(C(=O)NC)c1C[NH+]1C[C@H](C)O[C@@H](C)C1. The third-order valence-corrected chi connectivity index (χ3v) is 5.05. The molecule has 1 aliphatic rings. The van der Waals surface area contributed by atoms with Crippen molar-refractivity contribution in [2.45, 2.75) is 39.5 Å². The Morgan fingerprint density at radius 2 is 2.00 bits per heavy atom. The van der Waals surface area contributed by atoms with Gasteiger partial charge >= 0.3 is 5.97 Å². The Morgan fingerprint density at radius 1 is 1.38 bits per heavy atom. The van der Waals surface area contributed by atoms with Crippen molar-refractivity contribution in [1.82, 2.24) is 5.32 Å². The summed E-state index contributed by atoms with van der Waals surface area (Å²) in [6.07, 6.45) is 0.267. The largest absolute Gasteiger partial charge is 0.462 e. The third kappa shape index (κ3) is 4.06. The summed E-state index contributed by atoms with van der Waals surface area (Å²) in [6.45, 7) is 8.25. The van der Waals surface area contributed by atoms with Gasteiger partial charge in [-0.1, -0.05) is 0 Å². The van der Waals surface area contributed by atoms with Gasteiger partial charge in [0.05, 0.1) is 6.61 Å². The van der Waals surface area contributed by atoms with Crippen molar-refractivity contribution in [2.24, 2.45) is 0 Å². The minimum absolute atomic E-state index is 0.134. The van der Waals surface area contributed by atoms with E-state index in [-0.39, 0.29) is 24.7 Å². The van der Waals surface area contributed by atoms with Crippen molar-refractivity contribution < 1.29 is 24.0 Å². The van der Waals surface area contributed by atoms with Gasteiger partial charge in [-0.25, -0.2) is 4.79 Å². The lowest BCUT2D eigenvalue weighted by molar-refractivity contribution is -0.928. The number of esters is 1. The molecule has 2 heterocycles. The molecule has 24 heavy (non-hydrogen) atoms. The van der Waals surface area contributed by atoms with Crippen LogP contribution in [0.4, 0.5) is 5.00 Å². The lowest BCUT2D eigenvalue weighted by Gasteiger charge is -2.32. The molecule has 0 spiro atoms. The van der Waals surface area contributed by atoms with Crippen molar-refractivity contribution in [3.8, 4) is 0 Å². The minimum Gasteiger partial charge on any atom is -0.462 e. The molecule has 4 N–H and O–H groups in total. The summed E-state index contributed by atoms with van der Waals surface area (Å²) >= 11 is 1.14. The van der Waals surface area contributed by atoms with Crippen LogP contribution < -0.4 is 16.0 Å². The predicted molar refractivity (Wildman–Crippen MR) is 92.5 cm³/mol. The van der Waals surface area contributed by atoms with Crippen molar-refractivity contribution in [1.29, 1.82) is 0 Å². The summed E-state index contributed by atoms with van der Waals surface area (Å²) in [7, 11) is 1.57. The van der Waals surface area contributed by atoms with Crippen molar-refractivity contribution in [2.75, 3.05) is 32.5 Å². The second-order valence-electron chi connectivity index (χ2n) is 6.04. The number of morpholine rings is 1. The first-order valence-corrected chi connectivity index (χ1v) is 8.98. The first-order chi connectivity index (χ1) is 11.4. The second kappa shape index (κ2) is 7.96. The molecule has 1 fully saturated rings. The maximum absolute atomic E-state index is 12.3. The number of thiophene rings is 1. The van der Waals surface area contributed by atoms with E-state index >= 15 is 0 Å². The molecule has 0 aromatic carbocycles. The Hall–Kier alpha value is -1.64. The van der Waals surface area contributed by atoms with Gasteiger partial charge in [-0.15, -0.1) is 11.3 Å². The lowest BCUT2D eigenvalue weighted by atomic mass is 10.1. The predicted octanol–water partition coefficient (Wildman–Crippen LogP) is 0.0587. The third-order valence-electron chi connectivity index (χ3n) is 3.99. The number of amides is 1. The zero-order valence-corrected chi connectivity index (χ0v) is 15.4. The summed E-state index contributed by atoms with van der Waals surface area (Å²) < 4.78 is 10.9. The van der Waals surface area contributed by atoms with Crippen LogP contribution in [-0.4, -0.2) is 50.8 Å². The molecule has 1 aromatic rings. The van der Waals surface area contributed by atoms with Gasteiger partial charge in [0, 0.05) is 12.6 Å². The molecule has 0 bridgehead atoms. The van der Waals surface area contributed by atoms with Crippen LogP contribution in [0.2, 0.25) is 0 Å². The van der Waals surface area contributed by atoms with Crippen LogP contribution in [-0.2, 0) is 16.0 Å². The molecule has 1 aromatic heterocycles. The van der Waals surface area contributed by atoms with E-state index in [4.69, 9.17) is 15.2 Å². The molecule has 2 atom stereocenters. The molecule has 0 saturated carbocycles. The molecule has 0 aliphatic carbocycles. The van der Waals surface area contributed by atoms with Gasteiger partial charge in [-0.05, 0) is 20.8 Å². The number of rotatable bonds is 5. The number of carbonyl (C=O) groups is 2. The molecule has 2 rings (SSSR count). The number of hydrogen-bond donors (Lipinski definition) is 3. The summed E-state index contributed by atoms with van der Waals surface area (Å²) in [5, 5.41) is 2.95. The van der Waals surface area contributed by atoms with Gasteiger partial charge in [0.25, 0.3) is 5.91 Å². The van der Waals surface area contributed by atoms with Crippen LogP contribution in [0, 0.1) is 0 Å². The van der Waals surface area contributed by atoms with Crippen molar-refractivity contribution in [3.05, 3.63) is 16.0 Å². The maximum atomic E-state index is 12.3. The number of quaternary nitrogens is 1. The average Bonchev–Trinajstić information content (AvgIpc) is 2.82. The highest BCUT2D eigenvalue weighted by Gasteiger charge is 2.32. The van der Waals surface area contributed by atoms with Gasteiger partial charge in [0.15, 0.2) is 0 Å². The van der Waals surface area contributed by atoms with E-state index in [1.807, 2.05) is 13.8 Å². The summed E-state index contributed by atoms with van der Waals surface area (Å²) in [5.41, 5.74) is 7.04. The molecule has 1 amide bonds. The molecule has 1 aliphatic heterocycles. The molecule has 0 radical (unpaired) electrons. The fourth-order valence-electron chi connectivity index (χ4n) is 3.16. The first-order valence-electron chi connectivity index (χ1n) is 8.16. The van der Waals surface area contributed by atoms with E-state index in [0.29, 0.717) is 27.5 Å². The van der Waals surface area contributed by atoms with Gasteiger partial charge in [-0.3, -0.25) is 4.79 Å². The Morgan fingerprint density at radius 3 is 2.54 bits per heavy atom. The van der Waals surface area contributed by atoms with Gasteiger partial charge in [0.1, 0.15) is 47.3 Å². The number of nitrogens with two attached hydrogens (primary N) is 1. The Labute approximate surface area is 146 Å². The van der Waals surface area contributed by atoms with Crippen molar-refractivity contribution >= 4 is 28.2 Å². The van der Waals surface area contributed by atoms with Crippen LogP contribution in [0.3, 0.4) is 0 Å². The molecule has 8 heteroatoms. The molecular weight excluding hydrogens is 330 g/mol. The number of carbonyl (C=O) groups excluding carboxylic acids is 2. The summed E-state index contributed by atoms with van der Waals surface area (Å²) in [6, 6.07) is 0. The zero-order valence-electron chi connectivity index (χ0n) is 14.6. The van der Waals surface area contributed by atoms with Crippen LogP contribution in [0.25, 0.3) is 0 Å². The second-order valence-corrected chi connectivity index (χ2v) is 7.09. The Balaban J connectivity index is 2.37. The quantitative estimate of drug-likeness (QED) is 0.649. The van der Waals surface area contributed by atoms with Crippen molar-refractivity contribution in [3.63, 3.8) is 0 Å². The number of hydrogen-bond acceptors (Lipinski definition) is 6. The monoisotopic (exact) mass is 356 g/mol. The summed E-state index contributed by atoms with van der Waals surface area (Å²) in [4.78, 5) is 26.3. The van der Waals surface area contributed by atoms with E-state index in [1.54, 1.807) is 14.0 Å². The van der Waals surface area contributed by atoms with E-state index < -0.39 is 5.97 Å².